The molecule has 1 aliphatic rings. The lowest BCUT2D eigenvalue weighted by molar-refractivity contribution is -0.126. The van der Waals surface area contributed by atoms with Crippen molar-refractivity contribution >= 4 is 33.4 Å². The molecule has 5 rings (SSSR count). The maximum atomic E-state index is 14.5. The first-order chi connectivity index (χ1) is 18.5. The second kappa shape index (κ2) is 11.4. The fourth-order valence-corrected chi connectivity index (χ4v) is 6.12. The third-order valence-electron chi connectivity index (χ3n) is 7.15. The van der Waals surface area contributed by atoms with Crippen molar-refractivity contribution in [3.8, 4) is 16.2 Å². The van der Waals surface area contributed by atoms with Gasteiger partial charge in [0.25, 0.3) is 5.91 Å². The molecule has 1 aliphatic heterocycles. The van der Waals surface area contributed by atoms with Crippen LogP contribution in [0.4, 0.5) is 4.39 Å². The molecule has 2 aromatic heterocycles. The van der Waals surface area contributed by atoms with Crippen molar-refractivity contribution in [3.05, 3.63) is 77.7 Å². The number of rotatable bonds is 8. The normalized spacial score (nSPS) is 14.1. The zero-order valence-corrected chi connectivity index (χ0v) is 22.5. The Hall–Kier alpha value is -3.65. The molecule has 38 heavy (non-hydrogen) atoms. The Kier molecular flexibility index (Phi) is 7.79. The van der Waals surface area contributed by atoms with Crippen LogP contribution in [-0.4, -0.2) is 48.0 Å². The summed E-state index contributed by atoms with van der Waals surface area (Å²) >= 11 is 1.49. The van der Waals surface area contributed by atoms with Gasteiger partial charge in [0.2, 0.25) is 5.91 Å². The number of ether oxygens (including phenoxy) is 1. The molecule has 2 aromatic carbocycles. The van der Waals surface area contributed by atoms with Crippen LogP contribution in [0.5, 0.6) is 5.75 Å². The SMILES string of the molecule is CCCNC(=O)C1CCN(C(=O)c2cc3sc(-c4ccccc4F)cc3n2Cc2ccc(OC)cc2)CC1. The maximum absolute atomic E-state index is 14.5. The third-order valence-corrected chi connectivity index (χ3v) is 8.25. The highest BCUT2D eigenvalue weighted by molar-refractivity contribution is 7.22. The Labute approximate surface area is 226 Å². The monoisotopic (exact) mass is 533 g/mol. The number of nitrogens with zero attached hydrogens (tertiary/aromatic N) is 2. The first-order valence-corrected chi connectivity index (χ1v) is 13.9. The summed E-state index contributed by atoms with van der Waals surface area (Å²) in [7, 11) is 1.63. The standard InChI is InChI=1S/C30H32FN3O3S/c1-3-14-32-29(35)21-12-15-33(16-13-21)30(36)26-18-28-25(17-27(38-28)23-6-4-5-7-24(23)31)34(26)19-20-8-10-22(37-2)11-9-20/h4-11,17-18,21H,3,12-16,19H2,1-2H3,(H,32,35). The summed E-state index contributed by atoms with van der Waals surface area (Å²) in [4.78, 5) is 28.9. The minimum atomic E-state index is -0.264. The van der Waals surface area contributed by atoms with Gasteiger partial charge in [-0.1, -0.05) is 37.3 Å². The van der Waals surface area contributed by atoms with E-state index in [1.54, 1.807) is 19.2 Å². The third kappa shape index (κ3) is 5.31. The average Bonchev–Trinajstić information content (AvgIpc) is 3.51. The molecule has 0 atom stereocenters. The zero-order chi connectivity index (χ0) is 26.6. The van der Waals surface area contributed by atoms with E-state index in [0.717, 1.165) is 32.8 Å². The van der Waals surface area contributed by atoms with Crippen molar-refractivity contribution in [2.24, 2.45) is 5.92 Å². The molecule has 1 fully saturated rings. The summed E-state index contributed by atoms with van der Waals surface area (Å²) in [6.45, 7) is 4.31. The lowest BCUT2D eigenvalue weighted by Crippen LogP contribution is -2.43. The lowest BCUT2D eigenvalue weighted by atomic mass is 9.95. The van der Waals surface area contributed by atoms with Crippen LogP contribution in [0, 0.1) is 11.7 Å². The number of fused-ring (bicyclic) bond motifs is 1. The number of methoxy groups -OCH3 is 1. The highest BCUT2D eigenvalue weighted by Gasteiger charge is 2.30. The minimum absolute atomic E-state index is 0.0400. The van der Waals surface area contributed by atoms with E-state index in [0.29, 0.717) is 50.3 Å². The Morgan fingerprint density at radius 2 is 1.82 bits per heavy atom. The van der Waals surface area contributed by atoms with Crippen LogP contribution in [0.2, 0.25) is 0 Å². The van der Waals surface area contributed by atoms with Crippen molar-refractivity contribution in [2.45, 2.75) is 32.7 Å². The Balaban J connectivity index is 1.44. The number of aromatic nitrogens is 1. The summed E-state index contributed by atoms with van der Waals surface area (Å²) < 4.78 is 22.8. The van der Waals surface area contributed by atoms with E-state index in [1.165, 1.54) is 17.4 Å². The van der Waals surface area contributed by atoms with Crippen LogP contribution in [0.15, 0.2) is 60.7 Å². The van der Waals surface area contributed by atoms with Crippen molar-refractivity contribution in [1.29, 1.82) is 0 Å². The van der Waals surface area contributed by atoms with Gasteiger partial charge >= 0.3 is 0 Å². The van der Waals surface area contributed by atoms with Crippen molar-refractivity contribution in [3.63, 3.8) is 0 Å². The number of piperidine rings is 1. The largest absolute Gasteiger partial charge is 0.497 e. The second-order valence-corrected chi connectivity index (χ2v) is 10.7. The van der Waals surface area contributed by atoms with Crippen LogP contribution >= 0.6 is 11.3 Å². The molecule has 0 spiro atoms. The predicted octanol–water partition coefficient (Wildman–Crippen LogP) is 5.94. The molecule has 0 saturated carbocycles. The van der Waals surface area contributed by atoms with Gasteiger partial charge in [-0.25, -0.2) is 4.39 Å². The van der Waals surface area contributed by atoms with E-state index < -0.39 is 0 Å². The van der Waals surface area contributed by atoms with Crippen LogP contribution in [0.3, 0.4) is 0 Å². The highest BCUT2D eigenvalue weighted by Crippen LogP contribution is 2.37. The van der Waals surface area contributed by atoms with Crippen molar-refractivity contribution in [1.82, 2.24) is 14.8 Å². The molecule has 8 heteroatoms. The van der Waals surface area contributed by atoms with E-state index in [1.807, 2.05) is 58.9 Å². The first kappa shape index (κ1) is 26.0. The number of amides is 2. The summed E-state index contributed by atoms with van der Waals surface area (Å²) in [5.74, 6) is 0.500. The van der Waals surface area contributed by atoms with E-state index in [2.05, 4.69) is 5.32 Å². The molecular weight excluding hydrogens is 501 g/mol. The molecular formula is C30H32FN3O3S. The maximum Gasteiger partial charge on any atom is 0.270 e. The Morgan fingerprint density at radius 1 is 1.08 bits per heavy atom. The van der Waals surface area contributed by atoms with Crippen molar-refractivity contribution in [2.75, 3.05) is 26.7 Å². The van der Waals surface area contributed by atoms with Gasteiger partial charge < -0.3 is 19.5 Å². The second-order valence-electron chi connectivity index (χ2n) is 9.66. The van der Waals surface area contributed by atoms with Gasteiger partial charge in [-0.2, -0.15) is 0 Å². The van der Waals surface area contributed by atoms with Gasteiger partial charge in [0, 0.05) is 42.5 Å². The zero-order valence-electron chi connectivity index (χ0n) is 21.7. The molecule has 0 bridgehead atoms. The summed E-state index contributed by atoms with van der Waals surface area (Å²) in [5, 5.41) is 2.98. The van der Waals surface area contributed by atoms with Gasteiger partial charge in [0.15, 0.2) is 0 Å². The minimum Gasteiger partial charge on any atom is -0.497 e. The van der Waals surface area contributed by atoms with Gasteiger partial charge in [-0.15, -0.1) is 11.3 Å². The number of benzene rings is 2. The number of likely N-dealkylation sites (tertiary alicyclic amines) is 1. The molecule has 4 aromatic rings. The molecule has 0 radical (unpaired) electrons. The molecule has 0 aliphatic carbocycles. The lowest BCUT2D eigenvalue weighted by Gasteiger charge is -2.31. The topological polar surface area (TPSA) is 63.6 Å². The number of halogens is 1. The molecule has 3 heterocycles. The number of carbonyl (C=O) groups is 2. The van der Waals surface area contributed by atoms with Gasteiger partial charge in [0.05, 0.1) is 17.3 Å². The molecule has 198 valence electrons. The summed E-state index contributed by atoms with van der Waals surface area (Å²) in [6.07, 6.45) is 2.22. The fraction of sp³-hybridized carbons (Fsp3) is 0.333. The van der Waals surface area contributed by atoms with Gasteiger partial charge in [0.1, 0.15) is 17.3 Å². The van der Waals surface area contributed by atoms with Gasteiger partial charge in [-0.05, 0) is 55.2 Å². The molecule has 0 unspecified atom stereocenters. The predicted molar refractivity (Wildman–Crippen MR) is 149 cm³/mol. The van der Waals surface area contributed by atoms with E-state index in [9.17, 15) is 14.0 Å². The van der Waals surface area contributed by atoms with Gasteiger partial charge in [-0.3, -0.25) is 9.59 Å². The molecule has 1 N–H and O–H groups in total. The molecule has 2 amide bonds. The van der Waals surface area contributed by atoms with Crippen molar-refractivity contribution < 1.29 is 18.7 Å². The number of hydrogen-bond donors (Lipinski definition) is 1. The number of hydrogen-bond acceptors (Lipinski definition) is 4. The first-order valence-electron chi connectivity index (χ1n) is 13.1. The van der Waals surface area contributed by atoms with Crippen LogP contribution < -0.4 is 10.1 Å². The van der Waals surface area contributed by atoms with E-state index in [4.69, 9.17) is 4.74 Å². The number of thiophene rings is 1. The van der Waals surface area contributed by atoms with E-state index >= 15 is 0 Å². The number of carbonyl (C=O) groups excluding carboxylic acids is 2. The van der Waals surface area contributed by atoms with Crippen LogP contribution in [-0.2, 0) is 11.3 Å². The molecule has 6 nitrogen and oxygen atoms in total. The van der Waals surface area contributed by atoms with E-state index in [-0.39, 0.29) is 23.5 Å². The highest BCUT2D eigenvalue weighted by atomic mass is 32.1. The van der Waals surface area contributed by atoms with Crippen LogP contribution in [0.25, 0.3) is 20.7 Å². The number of nitrogens with one attached hydrogen (secondary N) is 1. The van der Waals surface area contributed by atoms with Crippen LogP contribution in [0.1, 0.15) is 42.2 Å². The molecule has 1 saturated heterocycles. The Bertz CT molecular complexity index is 1430. The summed E-state index contributed by atoms with van der Waals surface area (Å²) in [6, 6.07) is 18.5. The average molecular weight is 534 g/mol. The fourth-order valence-electron chi connectivity index (χ4n) is 5.00. The smallest absolute Gasteiger partial charge is 0.270 e. The quantitative estimate of drug-likeness (QED) is 0.305. The summed E-state index contributed by atoms with van der Waals surface area (Å²) in [5.41, 5.74) is 3.10. The Morgan fingerprint density at radius 3 is 2.50 bits per heavy atom.